The molecule has 1 aliphatic carbocycles. The smallest absolute Gasteiger partial charge is 0.409 e. The molecule has 1 unspecified atom stereocenters. The maximum Gasteiger partial charge on any atom is 0.409 e. The van der Waals surface area contributed by atoms with Crippen LogP contribution in [0.2, 0.25) is 0 Å². The highest BCUT2D eigenvalue weighted by atomic mass is 16.6. The summed E-state index contributed by atoms with van der Waals surface area (Å²) in [6.45, 7) is 10.9. The van der Waals surface area contributed by atoms with E-state index in [1.54, 1.807) is 4.90 Å². The van der Waals surface area contributed by atoms with Crippen molar-refractivity contribution in [3.05, 3.63) is 47.2 Å². The monoisotopic (exact) mass is 525 g/mol. The number of aliphatic imine (C=N–C) groups is 1. The average Bonchev–Trinajstić information content (AvgIpc) is 2.95. The van der Waals surface area contributed by atoms with Gasteiger partial charge in [-0.25, -0.2) is 9.79 Å². The van der Waals surface area contributed by atoms with Crippen LogP contribution < -0.4 is 21.3 Å². The number of hydrogen-bond donors (Lipinski definition) is 4. The molecule has 0 radical (unpaired) electrons. The molecule has 9 nitrogen and oxygen atoms in total. The standard InChI is InChI=1S/C29H47N7O2/c1-3-38-29(37)36-18-16-35(17-19-36)27-20-23(2)33-28(34-27)32-22-25-12-10-24(11-13-25)21-30-14-7-15-31-26-8-5-4-6-9-26/h10-13,20,26-27,30-31H,3-9,14-19,21-22H2,1-2H3,(H2,32,33,34). The summed E-state index contributed by atoms with van der Waals surface area (Å²) < 4.78 is 5.14. The average molecular weight is 526 g/mol. The zero-order chi connectivity index (χ0) is 26.6. The molecule has 1 saturated carbocycles. The van der Waals surface area contributed by atoms with Crippen LogP contribution in [0.1, 0.15) is 63.5 Å². The van der Waals surface area contributed by atoms with E-state index in [-0.39, 0.29) is 12.3 Å². The van der Waals surface area contributed by atoms with E-state index in [0.717, 1.165) is 50.4 Å². The van der Waals surface area contributed by atoms with Gasteiger partial charge in [0.2, 0.25) is 0 Å². The number of ether oxygens (including phenoxy) is 1. The van der Waals surface area contributed by atoms with Gasteiger partial charge in [-0.2, -0.15) is 0 Å². The van der Waals surface area contributed by atoms with E-state index in [2.05, 4.69) is 63.4 Å². The summed E-state index contributed by atoms with van der Waals surface area (Å²) in [5, 5.41) is 14.1. The van der Waals surface area contributed by atoms with Crippen molar-refractivity contribution in [2.75, 3.05) is 45.9 Å². The van der Waals surface area contributed by atoms with Crippen LogP contribution in [0.15, 0.2) is 41.0 Å². The van der Waals surface area contributed by atoms with Crippen LogP contribution in [0, 0.1) is 0 Å². The van der Waals surface area contributed by atoms with Crippen molar-refractivity contribution in [1.82, 2.24) is 31.1 Å². The van der Waals surface area contributed by atoms with Crippen molar-refractivity contribution in [3.63, 3.8) is 0 Å². The Morgan fingerprint density at radius 1 is 1.05 bits per heavy atom. The number of amides is 1. The summed E-state index contributed by atoms with van der Waals surface area (Å²) in [5.41, 5.74) is 3.57. The molecule has 0 spiro atoms. The van der Waals surface area contributed by atoms with Crippen molar-refractivity contribution < 1.29 is 9.53 Å². The largest absolute Gasteiger partial charge is 0.450 e. The Morgan fingerprint density at radius 2 is 1.79 bits per heavy atom. The SMILES string of the molecule is CCOC(=O)N1CCN(C2C=C(C)NC(=NCc3ccc(CNCCCNC4CCCCC4)cc3)N2)CC1. The number of benzene rings is 1. The van der Waals surface area contributed by atoms with Crippen LogP contribution in [0.25, 0.3) is 0 Å². The van der Waals surface area contributed by atoms with E-state index in [1.165, 1.54) is 49.7 Å². The summed E-state index contributed by atoms with van der Waals surface area (Å²) >= 11 is 0. The van der Waals surface area contributed by atoms with E-state index in [4.69, 9.17) is 9.73 Å². The summed E-state index contributed by atoms with van der Waals surface area (Å²) in [6, 6.07) is 9.48. The normalized spacial score (nSPS) is 22.1. The second kappa shape index (κ2) is 15.1. The predicted molar refractivity (Wildman–Crippen MR) is 153 cm³/mol. The van der Waals surface area contributed by atoms with Gasteiger partial charge in [0.15, 0.2) is 5.96 Å². The van der Waals surface area contributed by atoms with E-state index in [0.29, 0.717) is 26.2 Å². The number of allylic oxidation sites excluding steroid dienone is 1. The Labute approximate surface area is 228 Å². The molecule has 1 aromatic carbocycles. The quantitative estimate of drug-likeness (QED) is 0.330. The molecule has 9 heteroatoms. The van der Waals surface area contributed by atoms with Crippen molar-refractivity contribution in [2.45, 2.75) is 77.7 Å². The highest BCUT2D eigenvalue weighted by Gasteiger charge is 2.28. The molecule has 1 aromatic rings. The summed E-state index contributed by atoms with van der Waals surface area (Å²) in [6.07, 6.45) is 10.1. The predicted octanol–water partition coefficient (Wildman–Crippen LogP) is 3.14. The number of rotatable bonds is 11. The van der Waals surface area contributed by atoms with Crippen LogP contribution in [0.5, 0.6) is 0 Å². The molecule has 210 valence electrons. The Bertz CT molecular complexity index is 919. The third kappa shape index (κ3) is 8.99. The van der Waals surface area contributed by atoms with Gasteiger partial charge in [0.25, 0.3) is 0 Å². The number of hydrogen-bond acceptors (Lipinski definition) is 6. The number of carbonyl (C=O) groups is 1. The number of carbonyl (C=O) groups excluding carboxylic acids is 1. The molecule has 1 atom stereocenters. The molecule has 2 heterocycles. The summed E-state index contributed by atoms with van der Waals surface area (Å²) in [5.74, 6) is 0.787. The molecule has 3 aliphatic rings. The number of piperazine rings is 1. The number of nitrogens with zero attached hydrogens (tertiary/aromatic N) is 3. The van der Waals surface area contributed by atoms with Gasteiger partial charge in [-0.15, -0.1) is 0 Å². The zero-order valence-electron chi connectivity index (χ0n) is 23.3. The van der Waals surface area contributed by atoms with Crippen LogP contribution in [0.3, 0.4) is 0 Å². The lowest BCUT2D eigenvalue weighted by molar-refractivity contribution is 0.0700. The first-order chi connectivity index (χ1) is 18.6. The molecule has 4 N–H and O–H groups in total. The van der Waals surface area contributed by atoms with Crippen molar-refractivity contribution in [1.29, 1.82) is 0 Å². The van der Waals surface area contributed by atoms with Gasteiger partial charge >= 0.3 is 6.09 Å². The van der Waals surface area contributed by atoms with Crippen molar-refractivity contribution >= 4 is 12.1 Å². The molecule has 0 bridgehead atoms. The fourth-order valence-electron chi connectivity index (χ4n) is 5.35. The Morgan fingerprint density at radius 3 is 2.53 bits per heavy atom. The van der Waals surface area contributed by atoms with Crippen LogP contribution in [-0.4, -0.2) is 79.9 Å². The van der Waals surface area contributed by atoms with Gasteiger partial charge in [0.1, 0.15) is 6.17 Å². The third-order valence-electron chi connectivity index (χ3n) is 7.58. The third-order valence-corrected chi connectivity index (χ3v) is 7.58. The van der Waals surface area contributed by atoms with E-state index < -0.39 is 0 Å². The fraction of sp³-hybridized carbons (Fsp3) is 0.655. The molecular weight excluding hydrogens is 478 g/mol. The minimum absolute atomic E-state index is 0.0608. The van der Waals surface area contributed by atoms with Gasteiger partial charge in [0, 0.05) is 44.5 Å². The summed E-state index contributed by atoms with van der Waals surface area (Å²) in [4.78, 5) is 20.9. The van der Waals surface area contributed by atoms with E-state index >= 15 is 0 Å². The van der Waals surface area contributed by atoms with Crippen LogP contribution >= 0.6 is 0 Å². The minimum Gasteiger partial charge on any atom is -0.450 e. The maximum atomic E-state index is 12.0. The first-order valence-electron chi connectivity index (χ1n) is 14.5. The van der Waals surface area contributed by atoms with Gasteiger partial charge in [0.05, 0.1) is 13.2 Å². The highest BCUT2D eigenvalue weighted by Crippen LogP contribution is 2.17. The molecule has 4 rings (SSSR count). The molecule has 0 aromatic heterocycles. The summed E-state index contributed by atoms with van der Waals surface area (Å²) in [7, 11) is 0. The first-order valence-corrected chi connectivity index (χ1v) is 14.5. The molecule has 1 saturated heterocycles. The highest BCUT2D eigenvalue weighted by molar-refractivity contribution is 5.83. The lowest BCUT2D eigenvalue weighted by Crippen LogP contribution is -2.59. The first kappa shape index (κ1) is 28.4. The molecule has 2 aliphatic heterocycles. The Balaban J connectivity index is 1.15. The maximum absolute atomic E-state index is 12.0. The topological polar surface area (TPSA) is 93.3 Å². The molecule has 38 heavy (non-hydrogen) atoms. The zero-order valence-corrected chi connectivity index (χ0v) is 23.3. The van der Waals surface area contributed by atoms with Crippen molar-refractivity contribution in [2.24, 2.45) is 4.99 Å². The van der Waals surface area contributed by atoms with Gasteiger partial charge < -0.3 is 30.9 Å². The number of guanidine groups is 1. The Hall–Kier alpha value is -2.62. The second-order valence-electron chi connectivity index (χ2n) is 10.6. The van der Waals surface area contributed by atoms with Gasteiger partial charge in [-0.3, -0.25) is 4.90 Å². The van der Waals surface area contributed by atoms with Gasteiger partial charge in [-0.1, -0.05) is 43.5 Å². The molecule has 1 amide bonds. The van der Waals surface area contributed by atoms with E-state index in [9.17, 15) is 4.79 Å². The lowest BCUT2D eigenvalue weighted by Gasteiger charge is -2.40. The lowest BCUT2D eigenvalue weighted by atomic mass is 9.95. The minimum atomic E-state index is -0.219. The number of nitrogens with one attached hydrogen (secondary N) is 4. The second-order valence-corrected chi connectivity index (χ2v) is 10.6. The van der Waals surface area contributed by atoms with Crippen LogP contribution in [0.4, 0.5) is 4.79 Å². The fourth-order valence-corrected chi connectivity index (χ4v) is 5.35. The molecule has 2 fully saturated rings. The Kier molecular flexibility index (Phi) is 11.3. The molecular formula is C29H47N7O2. The van der Waals surface area contributed by atoms with Gasteiger partial charge in [-0.05, 0) is 63.4 Å². The van der Waals surface area contributed by atoms with Crippen molar-refractivity contribution in [3.8, 4) is 0 Å². The van der Waals surface area contributed by atoms with E-state index in [1.807, 2.05) is 6.92 Å². The van der Waals surface area contributed by atoms with Crippen LogP contribution in [-0.2, 0) is 17.8 Å².